The summed E-state index contributed by atoms with van der Waals surface area (Å²) in [5.41, 5.74) is 0.0720. The fourth-order valence-electron chi connectivity index (χ4n) is 3.97. The van der Waals surface area contributed by atoms with Crippen LogP contribution in [0.5, 0.6) is 0 Å². The molecule has 1 unspecified atom stereocenters. The SMILES string of the molecule is CC(C)(C)OC(=O)CN(c1ccc2c(ccn2-c2cnc(S(C)(=O)=O)cn2)c1)S(=O)(=O)C1C=C(Cl)C=C(Cl)C1. The Morgan fingerprint density at radius 2 is 1.85 bits per heavy atom. The minimum absolute atomic E-state index is 0.00565. The van der Waals surface area contributed by atoms with Crippen LogP contribution < -0.4 is 4.31 Å². The second kappa shape index (κ2) is 10.6. The predicted octanol–water partition coefficient (Wildman–Crippen LogP) is 4.32. The quantitative estimate of drug-likeness (QED) is 0.361. The molecule has 0 spiro atoms. The number of anilines is 1. The smallest absolute Gasteiger partial charge is 0.327 e. The topological polar surface area (TPSA) is 129 Å². The zero-order valence-corrected chi connectivity index (χ0v) is 24.6. The first-order valence-electron chi connectivity index (χ1n) is 11.6. The van der Waals surface area contributed by atoms with Crippen LogP contribution >= 0.6 is 23.2 Å². The Labute approximate surface area is 236 Å². The molecule has 0 bridgehead atoms. The summed E-state index contributed by atoms with van der Waals surface area (Å²) in [6.07, 6.45) is 8.11. The zero-order valence-electron chi connectivity index (χ0n) is 21.5. The van der Waals surface area contributed by atoms with Crippen LogP contribution in [-0.2, 0) is 29.4 Å². The van der Waals surface area contributed by atoms with E-state index >= 15 is 0 Å². The molecular formula is C25H26Cl2N4O6S2. The van der Waals surface area contributed by atoms with Gasteiger partial charge in [-0.1, -0.05) is 23.2 Å². The summed E-state index contributed by atoms with van der Waals surface area (Å²) in [4.78, 5) is 21.0. The Kier molecular flexibility index (Phi) is 7.87. The van der Waals surface area contributed by atoms with Crippen LogP contribution in [0.1, 0.15) is 27.2 Å². The molecule has 2 heterocycles. The van der Waals surface area contributed by atoms with E-state index in [-0.39, 0.29) is 27.2 Å². The highest BCUT2D eigenvalue weighted by Crippen LogP contribution is 2.33. The van der Waals surface area contributed by atoms with E-state index in [0.29, 0.717) is 16.7 Å². The molecule has 3 aromatic rings. The van der Waals surface area contributed by atoms with Gasteiger partial charge in [0.05, 0.1) is 23.6 Å². The molecule has 0 saturated carbocycles. The lowest BCUT2D eigenvalue weighted by Crippen LogP contribution is -2.43. The molecular weight excluding hydrogens is 587 g/mol. The molecule has 0 fully saturated rings. The molecule has 1 aliphatic carbocycles. The van der Waals surface area contributed by atoms with Crippen LogP contribution in [0.25, 0.3) is 16.7 Å². The minimum Gasteiger partial charge on any atom is -0.459 e. The van der Waals surface area contributed by atoms with E-state index in [1.807, 2.05) is 0 Å². The van der Waals surface area contributed by atoms with E-state index in [0.717, 1.165) is 10.6 Å². The van der Waals surface area contributed by atoms with Crippen molar-refractivity contribution >= 4 is 65.6 Å². The van der Waals surface area contributed by atoms with Gasteiger partial charge in [-0.15, -0.1) is 0 Å². The van der Waals surface area contributed by atoms with Gasteiger partial charge in [-0.2, -0.15) is 0 Å². The summed E-state index contributed by atoms with van der Waals surface area (Å²) in [7, 11) is -7.67. The van der Waals surface area contributed by atoms with Crippen LogP contribution in [0.2, 0.25) is 0 Å². The van der Waals surface area contributed by atoms with Gasteiger partial charge in [-0.25, -0.2) is 26.8 Å². The summed E-state index contributed by atoms with van der Waals surface area (Å²) in [5, 5.41) is -0.133. The standard InChI is InChI=1S/C25H26Cl2N4O6S2/c1-25(2,3)37-24(32)15-31(39(35,36)20-11-17(26)10-18(27)12-20)19-5-6-21-16(9-19)7-8-30(21)22-13-29-23(14-28-22)38(4,33)34/h5-11,13-14,20H,12,15H2,1-4H3. The van der Waals surface area contributed by atoms with Crippen molar-refractivity contribution < 1.29 is 26.4 Å². The molecule has 1 aliphatic rings. The summed E-state index contributed by atoms with van der Waals surface area (Å²) >= 11 is 12.3. The van der Waals surface area contributed by atoms with Crippen LogP contribution in [0.15, 0.2) is 70.1 Å². The third-order valence-electron chi connectivity index (χ3n) is 5.62. The number of benzene rings is 1. The molecule has 39 heavy (non-hydrogen) atoms. The number of hydrogen-bond donors (Lipinski definition) is 0. The Morgan fingerprint density at radius 1 is 1.13 bits per heavy atom. The van der Waals surface area contributed by atoms with E-state index < -0.39 is 43.2 Å². The van der Waals surface area contributed by atoms with E-state index in [2.05, 4.69) is 9.97 Å². The van der Waals surface area contributed by atoms with Gasteiger partial charge in [-0.05, 0) is 57.2 Å². The number of carbonyl (C=O) groups is 1. The molecule has 2 aromatic heterocycles. The van der Waals surface area contributed by atoms with Crippen LogP contribution in [0.3, 0.4) is 0 Å². The van der Waals surface area contributed by atoms with Crippen molar-refractivity contribution in [2.24, 2.45) is 0 Å². The average molecular weight is 614 g/mol. The number of hydrogen-bond acceptors (Lipinski definition) is 8. The summed E-state index contributed by atoms with van der Waals surface area (Å²) in [5.74, 6) is -0.357. The van der Waals surface area contributed by atoms with Crippen molar-refractivity contribution in [1.82, 2.24) is 14.5 Å². The van der Waals surface area contributed by atoms with Gasteiger partial charge < -0.3 is 4.74 Å². The lowest BCUT2D eigenvalue weighted by atomic mass is 10.2. The number of nitrogens with zero attached hydrogens (tertiary/aromatic N) is 4. The molecule has 14 heteroatoms. The highest BCUT2D eigenvalue weighted by atomic mass is 35.5. The number of fused-ring (bicyclic) bond motifs is 1. The third-order valence-corrected chi connectivity index (χ3v) is 9.11. The van der Waals surface area contributed by atoms with Gasteiger partial charge in [-0.3, -0.25) is 13.7 Å². The maximum Gasteiger partial charge on any atom is 0.327 e. The average Bonchev–Trinajstić information content (AvgIpc) is 3.23. The van der Waals surface area contributed by atoms with Crippen molar-refractivity contribution in [3.05, 3.63) is 65.1 Å². The van der Waals surface area contributed by atoms with Gasteiger partial charge in [0.15, 0.2) is 20.7 Å². The number of halogens is 2. The number of carbonyl (C=O) groups excluding carboxylic acids is 1. The molecule has 0 aliphatic heterocycles. The molecule has 1 atom stereocenters. The Hall–Kier alpha value is -2.93. The van der Waals surface area contributed by atoms with E-state index in [1.165, 1.54) is 24.5 Å². The normalized spacial score (nSPS) is 16.5. The molecule has 208 valence electrons. The summed E-state index contributed by atoms with van der Waals surface area (Å²) < 4.78 is 59.1. The maximum atomic E-state index is 13.8. The van der Waals surface area contributed by atoms with E-state index in [4.69, 9.17) is 27.9 Å². The molecule has 0 radical (unpaired) electrons. The van der Waals surface area contributed by atoms with Crippen molar-refractivity contribution in [3.8, 4) is 5.82 Å². The predicted molar refractivity (Wildman–Crippen MR) is 150 cm³/mol. The fraction of sp³-hybridized carbons (Fsp3) is 0.320. The van der Waals surface area contributed by atoms with Crippen LogP contribution in [-0.4, -0.2) is 61.0 Å². The van der Waals surface area contributed by atoms with Crippen molar-refractivity contribution in [2.45, 2.75) is 43.1 Å². The monoisotopic (exact) mass is 612 g/mol. The number of sulfonamides is 1. The number of aromatic nitrogens is 3. The zero-order chi connectivity index (χ0) is 28.8. The fourth-order valence-corrected chi connectivity index (χ4v) is 6.98. The molecule has 4 rings (SSSR count). The lowest BCUT2D eigenvalue weighted by molar-refractivity contribution is -0.152. The first-order chi connectivity index (χ1) is 18.0. The highest BCUT2D eigenvalue weighted by Gasteiger charge is 2.35. The van der Waals surface area contributed by atoms with Crippen LogP contribution in [0, 0.1) is 0 Å². The van der Waals surface area contributed by atoms with Gasteiger partial charge in [0.2, 0.25) is 10.0 Å². The van der Waals surface area contributed by atoms with Crippen molar-refractivity contribution in [2.75, 3.05) is 17.1 Å². The second-order valence-electron chi connectivity index (χ2n) is 9.94. The first-order valence-corrected chi connectivity index (χ1v) is 15.8. The third kappa shape index (κ3) is 6.63. The number of sulfone groups is 1. The number of allylic oxidation sites excluding steroid dienone is 3. The number of ether oxygens (including phenoxy) is 1. The molecule has 1 aromatic carbocycles. The van der Waals surface area contributed by atoms with Gasteiger partial charge >= 0.3 is 5.97 Å². The summed E-state index contributed by atoms with van der Waals surface area (Å²) in [6.45, 7) is 4.52. The minimum atomic E-state index is -4.17. The number of esters is 1. The van der Waals surface area contributed by atoms with E-state index in [1.54, 1.807) is 55.8 Å². The van der Waals surface area contributed by atoms with Crippen molar-refractivity contribution in [3.63, 3.8) is 0 Å². The molecule has 0 N–H and O–H groups in total. The lowest BCUT2D eigenvalue weighted by Gasteiger charge is -2.30. The van der Waals surface area contributed by atoms with Crippen molar-refractivity contribution in [1.29, 1.82) is 0 Å². The Bertz CT molecular complexity index is 1710. The number of rotatable bonds is 7. The van der Waals surface area contributed by atoms with Gasteiger partial charge in [0.1, 0.15) is 17.4 Å². The molecule has 0 saturated heterocycles. The molecule has 0 amide bonds. The Morgan fingerprint density at radius 3 is 2.44 bits per heavy atom. The van der Waals surface area contributed by atoms with E-state index in [9.17, 15) is 21.6 Å². The van der Waals surface area contributed by atoms with Crippen LogP contribution in [0.4, 0.5) is 5.69 Å². The summed E-state index contributed by atoms with van der Waals surface area (Å²) in [6, 6.07) is 6.59. The first kappa shape index (κ1) is 29.1. The largest absolute Gasteiger partial charge is 0.459 e. The molecule has 10 nitrogen and oxygen atoms in total. The van der Waals surface area contributed by atoms with Gasteiger partial charge in [0.25, 0.3) is 0 Å². The second-order valence-corrected chi connectivity index (χ2v) is 14.9. The Balaban J connectivity index is 1.75. The maximum absolute atomic E-state index is 13.8. The van der Waals surface area contributed by atoms with Gasteiger partial charge in [0, 0.05) is 34.3 Å². The highest BCUT2D eigenvalue weighted by molar-refractivity contribution is 7.93.